The smallest absolute Gasteiger partial charge is 0.337 e. The zero-order chi connectivity index (χ0) is 21.9. The molecule has 0 bridgehead atoms. The fraction of sp³-hybridized carbons (Fsp3) is 0.250. The Morgan fingerprint density at radius 2 is 1.97 bits per heavy atom. The van der Waals surface area contributed by atoms with E-state index in [-0.39, 0.29) is 29.7 Å². The largest absolute Gasteiger partial charge is 0.416 e. The summed E-state index contributed by atoms with van der Waals surface area (Å²) < 4.78 is 43.9. The standard InChI is InChI=1S/C20H18ClF3N4O2/c1-12(28(2)11-17(29)25-16-9-4-3-8-15(16)21)19-26-18(27-30-19)13-6-5-7-14(10-13)20(22,23)24/h3-10,12H,11H2,1-2H3,(H,25,29)/t12-/m0/s1. The quantitative estimate of drug-likeness (QED) is 0.583. The zero-order valence-corrected chi connectivity index (χ0v) is 16.8. The molecule has 0 radical (unpaired) electrons. The number of hydrogen-bond donors (Lipinski definition) is 1. The van der Waals surface area contributed by atoms with Crippen LogP contribution in [0.4, 0.5) is 18.9 Å². The number of rotatable bonds is 6. The van der Waals surface area contributed by atoms with Gasteiger partial charge in [0.2, 0.25) is 17.6 Å². The number of aromatic nitrogens is 2. The number of anilines is 1. The number of amides is 1. The number of carbonyl (C=O) groups excluding carboxylic acids is 1. The molecule has 0 aliphatic carbocycles. The highest BCUT2D eigenvalue weighted by Gasteiger charge is 2.31. The maximum Gasteiger partial charge on any atom is 0.416 e. The SMILES string of the molecule is C[C@@H](c1nc(-c2cccc(C(F)(F)F)c2)no1)N(C)CC(=O)Nc1ccccc1Cl. The molecule has 1 amide bonds. The second-order valence-electron chi connectivity index (χ2n) is 6.65. The molecule has 6 nitrogen and oxygen atoms in total. The third-order valence-electron chi connectivity index (χ3n) is 4.45. The van der Waals surface area contributed by atoms with Crippen molar-refractivity contribution >= 4 is 23.2 Å². The van der Waals surface area contributed by atoms with Crippen molar-refractivity contribution in [3.63, 3.8) is 0 Å². The first-order valence-electron chi connectivity index (χ1n) is 8.91. The predicted molar refractivity (Wildman–Crippen MR) is 106 cm³/mol. The van der Waals surface area contributed by atoms with Gasteiger partial charge >= 0.3 is 6.18 Å². The van der Waals surface area contributed by atoms with Crippen LogP contribution < -0.4 is 5.32 Å². The highest BCUT2D eigenvalue weighted by molar-refractivity contribution is 6.33. The van der Waals surface area contributed by atoms with Gasteiger partial charge in [-0.3, -0.25) is 9.69 Å². The van der Waals surface area contributed by atoms with Crippen molar-refractivity contribution in [1.82, 2.24) is 15.0 Å². The van der Waals surface area contributed by atoms with E-state index >= 15 is 0 Å². The second kappa shape index (κ2) is 8.85. The van der Waals surface area contributed by atoms with Gasteiger partial charge in [-0.05, 0) is 38.2 Å². The lowest BCUT2D eigenvalue weighted by molar-refractivity contribution is -0.137. The first kappa shape index (κ1) is 21.8. The van der Waals surface area contributed by atoms with Gasteiger partial charge < -0.3 is 9.84 Å². The van der Waals surface area contributed by atoms with Crippen molar-refractivity contribution < 1.29 is 22.5 Å². The summed E-state index contributed by atoms with van der Waals surface area (Å²) in [5.74, 6) is -0.0811. The molecule has 1 heterocycles. The molecule has 0 saturated heterocycles. The minimum absolute atomic E-state index is 0.00760. The number of hydrogen-bond acceptors (Lipinski definition) is 5. The number of benzene rings is 2. The Balaban J connectivity index is 1.68. The fourth-order valence-corrected chi connectivity index (χ4v) is 2.84. The van der Waals surface area contributed by atoms with Crippen LogP contribution in [0, 0.1) is 0 Å². The molecule has 0 saturated carbocycles. The summed E-state index contributed by atoms with van der Waals surface area (Å²) >= 11 is 6.03. The van der Waals surface area contributed by atoms with E-state index in [1.54, 1.807) is 43.1 Å². The lowest BCUT2D eigenvalue weighted by Crippen LogP contribution is -2.32. The molecule has 3 rings (SSSR count). The normalized spacial score (nSPS) is 12.8. The van der Waals surface area contributed by atoms with Gasteiger partial charge in [-0.1, -0.05) is 41.0 Å². The Morgan fingerprint density at radius 1 is 1.23 bits per heavy atom. The molecule has 0 fully saturated rings. The van der Waals surface area contributed by atoms with E-state index in [4.69, 9.17) is 16.1 Å². The van der Waals surface area contributed by atoms with Crippen LogP contribution in [0.25, 0.3) is 11.4 Å². The van der Waals surface area contributed by atoms with Gasteiger partial charge in [0.05, 0.1) is 28.9 Å². The van der Waals surface area contributed by atoms with Crippen molar-refractivity contribution in [2.24, 2.45) is 0 Å². The minimum atomic E-state index is -4.47. The van der Waals surface area contributed by atoms with E-state index in [2.05, 4.69) is 15.5 Å². The van der Waals surface area contributed by atoms with Crippen molar-refractivity contribution in [1.29, 1.82) is 0 Å². The van der Waals surface area contributed by atoms with E-state index < -0.39 is 17.8 Å². The van der Waals surface area contributed by atoms with Gasteiger partial charge in [-0.15, -0.1) is 0 Å². The molecule has 1 atom stereocenters. The first-order chi connectivity index (χ1) is 14.1. The van der Waals surface area contributed by atoms with Crippen molar-refractivity contribution in [2.45, 2.75) is 19.1 Å². The van der Waals surface area contributed by atoms with E-state index in [0.29, 0.717) is 10.7 Å². The average Bonchev–Trinajstić information content (AvgIpc) is 3.19. The number of halogens is 4. The van der Waals surface area contributed by atoms with Crippen molar-refractivity contribution in [2.75, 3.05) is 18.9 Å². The molecule has 3 aromatic rings. The molecule has 0 aliphatic rings. The van der Waals surface area contributed by atoms with Crippen LogP contribution in [0.5, 0.6) is 0 Å². The summed E-state index contributed by atoms with van der Waals surface area (Å²) in [6.45, 7) is 1.75. The molecular weight excluding hydrogens is 421 g/mol. The summed E-state index contributed by atoms with van der Waals surface area (Å²) in [6, 6.07) is 11.1. The number of carbonyl (C=O) groups is 1. The maximum absolute atomic E-state index is 12.9. The van der Waals surface area contributed by atoms with E-state index in [9.17, 15) is 18.0 Å². The zero-order valence-electron chi connectivity index (χ0n) is 16.1. The topological polar surface area (TPSA) is 71.3 Å². The van der Waals surface area contributed by atoms with Crippen molar-refractivity contribution in [3.05, 3.63) is 65.0 Å². The number of nitrogens with zero attached hydrogens (tertiary/aromatic N) is 3. The highest BCUT2D eigenvalue weighted by atomic mass is 35.5. The summed E-state index contributed by atoms with van der Waals surface area (Å²) in [5, 5.41) is 6.91. The van der Waals surface area contributed by atoms with Gasteiger partial charge in [0.15, 0.2) is 0 Å². The Hall–Kier alpha value is -2.91. The maximum atomic E-state index is 12.9. The third kappa shape index (κ3) is 5.17. The van der Waals surface area contributed by atoms with Gasteiger partial charge in [0, 0.05) is 5.56 Å². The summed E-state index contributed by atoms with van der Waals surface area (Å²) in [7, 11) is 1.69. The van der Waals surface area contributed by atoms with Gasteiger partial charge in [-0.25, -0.2) is 0 Å². The molecular formula is C20H18ClF3N4O2. The molecule has 2 aromatic carbocycles. The molecule has 0 unspecified atom stereocenters. The van der Waals surface area contributed by atoms with Crippen LogP contribution >= 0.6 is 11.6 Å². The third-order valence-corrected chi connectivity index (χ3v) is 4.78. The summed E-state index contributed by atoms with van der Waals surface area (Å²) in [5.41, 5.74) is -0.117. The average molecular weight is 439 g/mol. The van der Waals surface area contributed by atoms with E-state index in [0.717, 1.165) is 12.1 Å². The molecule has 158 valence electrons. The second-order valence-corrected chi connectivity index (χ2v) is 7.06. The monoisotopic (exact) mass is 438 g/mol. The Bertz CT molecular complexity index is 1040. The summed E-state index contributed by atoms with van der Waals surface area (Å²) in [4.78, 5) is 18.1. The molecule has 1 aromatic heterocycles. The van der Waals surface area contributed by atoms with E-state index in [1.807, 2.05) is 0 Å². The molecule has 0 aliphatic heterocycles. The van der Waals surface area contributed by atoms with Gasteiger partial charge in [0.1, 0.15) is 0 Å². The molecule has 10 heteroatoms. The molecule has 30 heavy (non-hydrogen) atoms. The lowest BCUT2D eigenvalue weighted by atomic mass is 10.1. The van der Waals surface area contributed by atoms with Crippen LogP contribution in [0.15, 0.2) is 53.1 Å². The van der Waals surface area contributed by atoms with Crippen LogP contribution in [-0.4, -0.2) is 34.5 Å². The number of likely N-dealkylation sites (N-methyl/N-ethyl adjacent to an activating group) is 1. The van der Waals surface area contributed by atoms with Crippen LogP contribution in [0.1, 0.15) is 24.4 Å². The van der Waals surface area contributed by atoms with Crippen LogP contribution in [-0.2, 0) is 11.0 Å². The number of nitrogens with one attached hydrogen (secondary N) is 1. The Kier molecular flexibility index (Phi) is 6.42. The first-order valence-corrected chi connectivity index (χ1v) is 9.29. The Labute approximate surface area is 175 Å². The summed E-state index contributed by atoms with van der Waals surface area (Å²) in [6.07, 6.45) is -4.47. The van der Waals surface area contributed by atoms with Gasteiger partial charge in [-0.2, -0.15) is 18.2 Å². The Morgan fingerprint density at radius 3 is 2.67 bits per heavy atom. The highest BCUT2D eigenvalue weighted by Crippen LogP contribution is 2.32. The lowest BCUT2D eigenvalue weighted by Gasteiger charge is -2.21. The van der Waals surface area contributed by atoms with Crippen LogP contribution in [0.3, 0.4) is 0 Å². The van der Waals surface area contributed by atoms with Crippen molar-refractivity contribution in [3.8, 4) is 11.4 Å². The number of alkyl halides is 3. The minimum Gasteiger partial charge on any atom is -0.337 e. The molecule has 0 spiro atoms. The van der Waals surface area contributed by atoms with Gasteiger partial charge in [0.25, 0.3) is 0 Å². The predicted octanol–water partition coefficient (Wildman–Crippen LogP) is 5.04. The fourth-order valence-electron chi connectivity index (χ4n) is 2.66. The van der Waals surface area contributed by atoms with Crippen LogP contribution in [0.2, 0.25) is 5.02 Å². The van der Waals surface area contributed by atoms with E-state index in [1.165, 1.54) is 12.1 Å². The molecule has 1 N–H and O–H groups in total. The number of para-hydroxylation sites is 1.